The summed E-state index contributed by atoms with van der Waals surface area (Å²) < 4.78 is 0. The number of hydrogen-bond donors (Lipinski definition) is 2. The minimum atomic E-state index is -0.388. The summed E-state index contributed by atoms with van der Waals surface area (Å²) in [6.07, 6.45) is 0. The van der Waals surface area contributed by atoms with Crippen LogP contribution in [0.3, 0.4) is 0 Å². The van der Waals surface area contributed by atoms with E-state index in [1.165, 1.54) is 22.3 Å². The predicted molar refractivity (Wildman–Crippen MR) is 80.2 cm³/mol. The van der Waals surface area contributed by atoms with E-state index in [9.17, 15) is 4.79 Å². The van der Waals surface area contributed by atoms with Crippen molar-refractivity contribution < 1.29 is 4.79 Å². The Labute approximate surface area is 116 Å². The number of nitrogens with one attached hydrogen (secondary N) is 2. The van der Waals surface area contributed by atoms with Crippen LogP contribution < -0.4 is 10.6 Å². The zero-order valence-electron chi connectivity index (χ0n) is 13.0. The van der Waals surface area contributed by atoms with Gasteiger partial charge in [-0.25, -0.2) is 0 Å². The highest BCUT2D eigenvalue weighted by atomic mass is 16.2. The number of carbonyl (C=O) groups excluding carboxylic acids is 1. The Hall–Kier alpha value is -1.35. The van der Waals surface area contributed by atoms with Gasteiger partial charge in [0.15, 0.2) is 0 Å². The van der Waals surface area contributed by atoms with Crippen molar-refractivity contribution in [2.75, 3.05) is 13.6 Å². The molecule has 0 aliphatic heterocycles. The van der Waals surface area contributed by atoms with Gasteiger partial charge in [0.05, 0.1) is 5.41 Å². The predicted octanol–water partition coefficient (Wildman–Crippen LogP) is 2.47. The topological polar surface area (TPSA) is 41.1 Å². The van der Waals surface area contributed by atoms with Crippen LogP contribution in [0, 0.1) is 26.2 Å². The van der Waals surface area contributed by atoms with Crippen LogP contribution in [0.5, 0.6) is 0 Å². The molecule has 0 saturated carbocycles. The fourth-order valence-electron chi connectivity index (χ4n) is 2.41. The first-order valence-corrected chi connectivity index (χ1v) is 6.77. The molecule has 0 spiro atoms. The molecule has 1 aromatic carbocycles. The summed E-state index contributed by atoms with van der Waals surface area (Å²) in [6, 6.07) is 4.40. The molecule has 0 aromatic heterocycles. The van der Waals surface area contributed by atoms with Gasteiger partial charge in [-0.15, -0.1) is 0 Å². The first-order chi connectivity index (χ1) is 8.77. The number of benzene rings is 1. The van der Waals surface area contributed by atoms with Gasteiger partial charge in [-0.3, -0.25) is 4.79 Å². The van der Waals surface area contributed by atoms with Crippen molar-refractivity contribution in [2.45, 2.75) is 41.2 Å². The lowest BCUT2D eigenvalue weighted by molar-refractivity contribution is -0.128. The van der Waals surface area contributed by atoms with Crippen LogP contribution in [0.25, 0.3) is 0 Å². The zero-order chi connectivity index (χ0) is 14.6. The zero-order valence-corrected chi connectivity index (χ0v) is 13.0. The average molecular weight is 262 g/mol. The fraction of sp³-hybridized carbons (Fsp3) is 0.562. The molecule has 0 aliphatic rings. The molecular formula is C16H26N2O. The van der Waals surface area contributed by atoms with E-state index in [1.54, 1.807) is 7.05 Å². The molecule has 0 heterocycles. The van der Waals surface area contributed by atoms with E-state index < -0.39 is 0 Å². The van der Waals surface area contributed by atoms with E-state index >= 15 is 0 Å². The van der Waals surface area contributed by atoms with Crippen LogP contribution >= 0.6 is 0 Å². The smallest absolute Gasteiger partial charge is 0.226 e. The molecule has 3 nitrogen and oxygen atoms in total. The van der Waals surface area contributed by atoms with Crippen LogP contribution in [0.2, 0.25) is 0 Å². The van der Waals surface area contributed by atoms with E-state index in [4.69, 9.17) is 0 Å². The van der Waals surface area contributed by atoms with Gasteiger partial charge in [0.25, 0.3) is 0 Å². The first-order valence-electron chi connectivity index (χ1n) is 6.77. The molecule has 0 radical (unpaired) electrons. The Morgan fingerprint density at radius 3 is 2.16 bits per heavy atom. The van der Waals surface area contributed by atoms with E-state index in [0.717, 1.165) is 6.54 Å². The normalized spacial score (nSPS) is 11.5. The second kappa shape index (κ2) is 6.20. The van der Waals surface area contributed by atoms with E-state index in [-0.39, 0.29) is 11.3 Å². The second-order valence-electron chi connectivity index (χ2n) is 5.94. The molecule has 0 bridgehead atoms. The molecule has 1 aromatic rings. The monoisotopic (exact) mass is 262 g/mol. The molecule has 0 fully saturated rings. The highest BCUT2D eigenvalue weighted by Gasteiger charge is 2.25. The van der Waals surface area contributed by atoms with Gasteiger partial charge in [0, 0.05) is 20.1 Å². The van der Waals surface area contributed by atoms with Gasteiger partial charge < -0.3 is 10.6 Å². The van der Waals surface area contributed by atoms with Crippen LogP contribution in [0.1, 0.15) is 36.1 Å². The van der Waals surface area contributed by atoms with Crippen molar-refractivity contribution in [3.63, 3.8) is 0 Å². The first kappa shape index (κ1) is 15.7. The molecular weight excluding hydrogens is 236 g/mol. The second-order valence-corrected chi connectivity index (χ2v) is 5.94. The van der Waals surface area contributed by atoms with Crippen LogP contribution in [0.4, 0.5) is 0 Å². The summed E-state index contributed by atoms with van der Waals surface area (Å²) in [5.74, 6) is 0.0670. The van der Waals surface area contributed by atoms with Crippen molar-refractivity contribution in [3.05, 3.63) is 34.4 Å². The highest BCUT2D eigenvalue weighted by Crippen LogP contribution is 2.17. The average Bonchev–Trinajstić information content (AvgIpc) is 2.31. The van der Waals surface area contributed by atoms with Gasteiger partial charge in [0.1, 0.15) is 0 Å². The maximum atomic E-state index is 11.7. The van der Waals surface area contributed by atoms with E-state index in [1.807, 2.05) is 13.8 Å². The molecule has 3 heteroatoms. The van der Waals surface area contributed by atoms with Crippen molar-refractivity contribution in [2.24, 2.45) is 5.41 Å². The maximum absolute atomic E-state index is 11.7. The summed E-state index contributed by atoms with van der Waals surface area (Å²) in [6.45, 7) is 11.8. The number of hydrogen-bond acceptors (Lipinski definition) is 2. The highest BCUT2D eigenvalue weighted by molar-refractivity contribution is 5.81. The van der Waals surface area contributed by atoms with Crippen molar-refractivity contribution in [1.82, 2.24) is 10.6 Å². The molecule has 19 heavy (non-hydrogen) atoms. The summed E-state index contributed by atoms with van der Waals surface area (Å²) in [5.41, 5.74) is 4.86. The van der Waals surface area contributed by atoms with Gasteiger partial charge in [-0.05, 0) is 51.3 Å². The molecule has 2 N–H and O–H groups in total. The SMILES string of the molecule is CNC(=O)C(C)(C)CNCc1c(C)cc(C)cc1C. The lowest BCUT2D eigenvalue weighted by Crippen LogP contribution is -2.42. The number of amides is 1. The van der Waals surface area contributed by atoms with Gasteiger partial charge in [0.2, 0.25) is 5.91 Å². The van der Waals surface area contributed by atoms with E-state index in [0.29, 0.717) is 6.54 Å². The number of rotatable bonds is 5. The Bertz CT molecular complexity index is 441. The van der Waals surface area contributed by atoms with Crippen molar-refractivity contribution >= 4 is 5.91 Å². The van der Waals surface area contributed by atoms with Crippen LogP contribution in [0.15, 0.2) is 12.1 Å². The summed E-state index contributed by atoms with van der Waals surface area (Å²) in [7, 11) is 1.68. The lowest BCUT2D eigenvalue weighted by atomic mass is 9.92. The largest absolute Gasteiger partial charge is 0.359 e. The lowest BCUT2D eigenvalue weighted by Gasteiger charge is -2.23. The summed E-state index contributed by atoms with van der Waals surface area (Å²) in [5, 5.41) is 6.10. The molecule has 0 saturated heterocycles. The number of aryl methyl sites for hydroxylation is 3. The Balaban J connectivity index is 2.66. The van der Waals surface area contributed by atoms with Gasteiger partial charge in [-0.2, -0.15) is 0 Å². The molecule has 0 unspecified atom stereocenters. The van der Waals surface area contributed by atoms with Gasteiger partial charge in [-0.1, -0.05) is 17.7 Å². The van der Waals surface area contributed by atoms with Gasteiger partial charge >= 0.3 is 0 Å². The third-order valence-electron chi connectivity index (χ3n) is 3.55. The van der Waals surface area contributed by atoms with Crippen molar-refractivity contribution in [3.8, 4) is 0 Å². The minimum Gasteiger partial charge on any atom is -0.359 e. The Kier molecular flexibility index (Phi) is 5.12. The molecule has 1 rings (SSSR count). The minimum absolute atomic E-state index is 0.0670. The summed E-state index contributed by atoms with van der Waals surface area (Å²) >= 11 is 0. The standard InChI is InChI=1S/C16H26N2O/c1-11-7-12(2)14(13(3)8-11)9-18-10-16(4,5)15(19)17-6/h7-8,18H,9-10H2,1-6H3,(H,17,19). The fourth-order valence-corrected chi connectivity index (χ4v) is 2.41. The third kappa shape index (κ3) is 4.06. The van der Waals surface area contributed by atoms with Crippen LogP contribution in [-0.2, 0) is 11.3 Å². The molecule has 1 amide bonds. The third-order valence-corrected chi connectivity index (χ3v) is 3.55. The quantitative estimate of drug-likeness (QED) is 0.856. The Morgan fingerprint density at radius 2 is 1.68 bits per heavy atom. The van der Waals surface area contributed by atoms with Crippen molar-refractivity contribution in [1.29, 1.82) is 0 Å². The number of carbonyl (C=O) groups is 1. The van der Waals surface area contributed by atoms with E-state index in [2.05, 4.69) is 43.5 Å². The summed E-state index contributed by atoms with van der Waals surface area (Å²) in [4.78, 5) is 11.7. The molecule has 0 atom stereocenters. The maximum Gasteiger partial charge on any atom is 0.226 e. The molecule has 106 valence electrons. The Morgan fingerprint density at radius 1 is 1.16 bits per heavy atom. The van der Waals surface area contributed by atoms with Crippen LogP contribution in [-0.4, -0.2) is 19.5 Å². The molecule has 0 aliphatic carbocycles.